The average Bonchev–Trinajstić information content (AvgIpc) is 3.16. The normalized spacial score (nSPS) is 14.0. The van der Waals surface area contributed by atoms with Crippen LogP contribution in [0.2, 0.25) is 0 Å². The number of para-hydroxylation sites is 3. The predicted molar refractivity (Wildman–Crippen MR) is 139 cm³/mol. The van der Waals surface area contributed by atoms with Crippen LogP contribution in [0.1, 0.15) is 17.0 Å². The van der Waals surface area contributed by atoms with E-state index in [4.69, 9.17) is 4.98 Å². The fourth-order valence-electron chi connectivity index (χ4n) is 4.57. The van der Waals surface area contributed by atoms with E-state index in [1.54, 1.807) is 21.6 Å². The minimum absolute atomic E-state index is 0.114. The highest BCUT2D eigenvalue weighted by molar-refractivity contribution is 6.35. The molecule has 0 radical (unpaired) electrons. The molecule has 5 heteroatoms. The Morgan fingerprint density at radius 3 is 2.17 bits per heavy atom. The van der Waals surface area contributed by atoms with Gasteiger partial charge in [-0.2, -0.15) is 0 Å². The van der Waals surface area contributed by atoms with Gasteiger partial charge < -0.3 is 4.90 Å². The number of anilines is 1. The number of fused-ring (bicyclic) bond motifs is 2. The minimum atomic E-state index is -0.173. The Labute approximate surface area is 202 Å². The maximum absolute atomic E-state index is 13.7. The van der Waals surface area contributed by atoms with Crippen LogP contribution in [0.15, 0.2) is 114 Å². The molecule has 0 N–H and O–H groups in total. The fourth-order valence-corrected chi connectivity index (χ4v) is 4.57. The Morgan fingerprint density at radius 1 is 0.714 bits per heavy atom. The highest BCUT2D eigenvalue weighted by Crippen LogP contribution is 2.38. The van der Waals surface area contributed by atoms with Gasteiger partial charge in [0.15, 0.2) is 0 Å². The topological polar surface area (TPSA) is 55.2 Å². The molecule has 0 saturated carbocycles. The highest BCUT2D eigenvalue weighted by atomic mass is 16.2. The Morgan fingerprint density at radius 2 is 1.37 bits per heavy atom. The molecule has 2 heterocycles. The van der Waals surface area contributed by atoms with Crippen LogP contribution in [0.3, 0.4) is 0 Å². The van der Waals surface area contributed by atoms with Crippen LogP contribution < -0.4 is 10.5 Å². The van der Waals surface area contributed by atoms with Gasteiger partial charge in [0, 0.05) is 5.56 Å². The number of carbonyl (C=O) groups excluding carboxylic acids is 1. The van der Waals surface area contributed by atoms with Crippen molar-refractivity contribution in [1.29, 1.82) is 0 Å². The number of nitrogens with zero attached hydrogens (tertiary/aromatic N) is 3. The Kier molecular flexibility index (Phi) is 5.08. The molecule has 0 unspecified atom stereocenters. The summed E-state index contributed by atoms with van der Waals surface area (Å²) in [5.41, 5.74) is 4.36. The van der Waals surface area contributed by atoms with E-state index in [1.807, 2.05) is 103 Å². The molecule has 0 atom stereocenters. The number of rotatable bonds is 4. The number of aromatic nitrogens is 2. The second-order valence-electron chi connectivity index (χ2n) is 8.42. The maximum atomic E-state index is 13.7. The van der Waals surface area contributed by atoms with Gasteiger partial charge in [0.05, 0.1) is 34.4 Å². The lowest BCUT2D eigenvalue weighted by atomic mass is 10.1. The van der Waals surface area contributed by atoms with Crippen LogP contribution in [0, 0.1) is 0 Å². The lowest BCUT2D eigenvalue weighted by Crippen LogP contribution is -2.26. The molecule has 1 aliphatic rings. The lowest BCUT2D eigenvalue weighted by molar-refractivity contribution is -0.113. The van der Waals surface area contributed by atoms with Crippen LogP contribution in [0.4, 0.5) is 5.69 Å². The zero-order chi connectivity index (χ0) is 23.8. The number of benzene rings is 4. The molecule has 35 heavy (non-hydrogen) atoms. The van der Waals surface area contributed by atoms with Crippen LogP contribution in [-0.4, -0.2) is 15.5 Å². The Balaban J connectivity index is 1.55. The highest BCUT2D eigenvalue weighted by Gasteiger charge is 2.32. The van der Waals surface area contributed by atoms with E-state index in [9.17, 15) is 9.59 Å². The fraction of sp³-hybridized carbons (Fsp3) is 0.0333. The molecule has 168 valence electrons. The summed E-state index contributed by atoms with van der Waals surface area (Å²) in [4.78, 5) is 33.9. The molecule has 6 rings (SSSR count). The predicted octanol–water partition coefficient (Wildman–Crippen LogP) is 5.47. The van der Waals surface area contributed by atoms with Crippen LogP contribution in [0.25, 0.3) is 28.2 Å². The van der Waals surface area contributed by atoms with Gasteiger partial charge in [0.25, 0.3) is 11.5 Å². The van der Waals surface area contributed by atoms with Gasteiger partial charge in [0.1, 0.15) is 5.82 Å². The average molecular weight is 456 g/mol. The van der Waals surface area contributed by atoms with E-state index in [0.717, 1.165) is 16.8 Å². The molecular formula is C30H21N3O2. The number of amides is 1. The summed E-state index contributed by atoms with van der Waals surface area (Å²) >= 11 is 0. The van der Waals surface area contributed by atoms with Gasteiger partial charge in [-0.1, -0.05) is 78.9 Å². The minimum Gasteiger partial charge on any atom is -0.303 e. The van der Waals surface area contributed by atoms with Crippen molar-refractivity contribution >= 4 is 34.1 Å². The monoisotopic (exact) mass is 455 g/mol. The van der Waals surface area contributed by atoms with Crippen molar-refractivity contribution in [3.05, 3.63) is 136 Å². The summed E-state index contributed by atoms with van der Waals surface area (Å²) in [6.07, 6.45) is 1.74. The van der Waals surface area contributed by atoms with Crippen molar-refractivity contribution in [2.75, 3.05) is 4.90 Å². The molecule has 0 spiro atoms. The smallest absolute Gasteiger partial charge is 0.266 e. The Hall–Kier alpha value is -4.77. The molecule has 0 fully saturated rings. The van der Waals surface area contributed by atoms with E-state index in [1.165, 1.54) is 0 Å². The zero-order valence-corrected chi connectivity index (χ0v) is 18.8. The van der Waals surface area contributed by atoms with Gasteiger partial charge in [-0.25, -0.2) is 4.98 Å². The third-order valence-corrected chi connectivity index (χ3v) is 6.23. The first-order valence-corrected chi connectivity index (χ1v) is 11.4. The summed E-state index contributed by atoms with van der Waals surface area (Å²) in [5.74, 6) is 0.302. The molecule has 1 amide bonds. The van der Waals surface area contributed by atoms with Gasteiger partial charge in [-0.15, -0.1) is 0 Å². The molecule has 4 aromatic carbocycles. The first-order valence-electron chi connectivity index (χ1n) is 11.4. The van der Waals surface area contributed by atoms with Crippen LogP contribution in [0.5, 0.6) is 0 Å². The molecule has 0 saturated heterocycles. The van der Waals surface area contributed by atoms with E-state index >= 15 is 0 Å². The summed E-state index contributed by atoms with van der Waals surface area (Å²) in [5, 5.41) is 0.530. The Bertz CT molecular complexity index is 1650. The summed E-state index contributed by atoms with van der Waals surface area (Å²) in [6.45, 7) is 0.463. The van der Waals surface area contributed by atoms with Crippen molar-refractivity contribution in [3.63, 3.8) is 0 Å². The first kappa shape index (κ1) is 20.8. The molecule has 5 nitrogen and oxygen atoms in total. The number of hydrogen-bond donors (Lipinski definition) is 0. The van der Waals surface area contributed by atoms with Gasteiger partial charge in [0.2, 0.25) is 0 Å². The van der Waals surface area contributed by atoms with E-state index < -0.39 is 0 Å². The van der Waals surface area contributed by atoms with Crippen LogP contribution >= 0.6 is 0 Å². The summed E-state index contributed by atoms with van der Waals surface area (Å²) in [6, 6.07) is 34.3. The molecular weight excluding hydrogens is 434 g/mol. The van der Waals surface area contributed by atoms with E-state index in [0.29, 0.717) is 34.5 Å². The molecule has 0 aliphatic carbocycles. The van der Waals surface area contributed by atoms with Gasteiger partial charge in [-0.05, 0) is 42.0 Å². The van der Waals surface area contributed by atoms with Crippen LogP contribution in [-0.2, 0) is 11.3 Å². The molecule has 5 aromatic rings. The van der Waals surface area contributed by atoms with Crippen molar-refractivity contribution in [3.8, 4) is 5.69 Å². The van der Waals surface area contributed by atoms with Gasteiger partial charge >= 0.3 is 0 Å². The molecule has 1 aromatic heterocycles. The van der Waals surface area contributed by atoms with Crippen molar-refractivity contribution in [1.82, 2.24) is 9.55 Å². The summed E-state index contributed by atoms with van der Waals surface area (Å²) < 4.78 is 1.57. The maximum Gasteiger partial charge on any atom is 0.266 e. The van der Waals surface area contributed by atoms with Crippen molar-refractivity contribution < 1.29 is 4.79 Å². The zero-order valence-electron chi connectivity index (χ0n) is 18.8. The van der Waals surface area contributed by atoms with Crippen molar-refractivity contribution in [2.24, 2.45) is 0 Å². The third-order valence-electron chi connectivity index (χ3n) is 6.23. The second kappa shape index (κ2) is 8.54. The van der Waals surface area contributed by atoms with E-state index in [-0.39, 0.29) is 11.5 Å². The second-order valence-corrected chi connectivity index (χ2v) is 8.42. The first-order chi connectivity index (χ1) is 17.2. The molecule has 0 bridgehead atoms. The van der Waals surface area contributed by atoms with Gasteiger partial charge in [-0.3, -0.25) is 14.2 Å². The standard InChI is InChI=1S/C30H21N3O2/c34-29-25(23-15-8-10-18-27(23)32(29)20-21-11-3-1-4-12-21)19-28-31-26-17-9-7-16-24(26)30(35)33(28)22-13-5-2-6-14-22/h1-19H,20H2/b25-19-. The van der Waals surface area contributed by atoms with Crippen molar-refractivity contribution in [2.45, 2.75) is 6.54 Å². The molecule has 1 aliphatic heterocycles. The van der Waals surface area contributed by atoms with E-state index in [2.05, 4.69) is 0 Å². The number of hydrogen-bond acceptors (Lipinski definition) is 3. The summed E-state index contributed by atoms with van der Waals surface area (Å²) in [7, 11) is 0. The number of carbonyl (C=O) groups is 1. The third kappa shape index (κ3) is 3.63. The SMILES string of the molecule is O=C1/C(=C\c2nc3ccccc3c(=O)n2-c2ccccc2)c2ccccc2N1Cc1ccccc1. The lowest BCUT2D eigenvalue weighted by Gasteiger charge is -2.17. The largest absolute Gasteiger partial charge is 0.303 e. The quantitative estimate of drug-likeness (QED) is 0.338.